The first-order valence-corrected chi connectivity index (χ1v) is 9.07. The number of halogens is 3. The molecule has 140 valence electrons. The van der Waals surface area contributed by atoms with Gasteiger partial charge in [0.25, 0.3) is 0 Å². The van der Waals surface area contributed by atoms with Gasteiger partial charge in [-0.25, -0.2) is 0 Å². The first kappa shape index (κ1) is 18.6. The van der Waals surface area contributed by atoms with Crippen molar-refractivity contribution in [1.29, 1.82) is 0 Å². The third-order valence-corrected chi connectivity index (χ3v) is 5.25. The molecular weight excluding hydrogens is 371 g/mol. The van der Waals surface area contributed by atoms with Crippen molar-refractivity contribution < 1.29 is 27.6 Å². The molecule has 1 unspecified atom stereocenters. The summed E-state index contributed by atoms with van der Waals surface area (Å²) in [5.74, 6) is -0.253. The number of carbonyl (C=O) groups is 3. The van der Waals surface area contributed by atoms with Crippen LogP contribution in [-0.4, -0.2) is 46.3 Å². The van der Waals surface area contributed by atoms with E-state index in [0.717, 1.165) is 12.1 Å². The molecule has 2 atom stereocenters. The Morgan fingerprint density at radius 2 is 1.92 bits per heavy atom. The molecule has 0 spiro atoms. The number of nitrogens with one attached hydrogen (secondary N) is 2. The van der Waals surface area contributed by atoms with Gasteiger partial charge >= 0.3 is 6.18 Å². The fraction of sp³-hybridized carbons (Fsp3) is 0.438. The summed E-state index contributed by atoms with van der Waals surface area (Å²) in [6, 6.07) is 2.76. The van der Waals surface area contributed by atoms with Crippen LogP contribution in [0.2, 0.25) is 0 Å². The van der Waals surface area contributed by atoms with Crippen molar-refractivity contribution in [3.8, 4) is 0 Å². The molecule has 6 nitrogen and oxygen atoms in total. The minimum atomic E-state index is -4.44. The van der Waals surface area contributed by atoms with Crippen LogP contribution >= 0.6 is 11.8 Å². The second-order valence-corrected chi connectivity index (χ2v) is 7.05. The number of alkyl halides is 3. The van der Waals surface area contributed by atoms with Crippen molar-refractivity contribution in [3.05, 3.63) is 29.8 Å². The Bertz CT molecular complexity index is 724. The van der Waals surface area contributed by atoms with Gasteiger partial charge in [0.05, 0.1) is 11.4 Å². The molecule has 26 heavy (non-hydrogen) atoms. The Kier molecular flexibility index (Phi) is 5.12. The Labute approximate surface area is 151 Å². The fourth-order valence-electron chi connectivity index (χ4n) is 2.84. The van der Waals surface area contributed by atoms with E-state index >= 15 is 0 Å². The van der Waals surface area contributed by atoms with Crippen LogP contribution in [-0.2, 0) is 20.6 Å². The molecule has 0 saturated carbocycles. The summed E-state index contributed by atoms with van der Waals surface area (Å²) in [5.41, 5.74) is -0.581. The minimum Gasteiger partial charge on any atom is -0.344 e. The highest BCUT2D eigenvalue weighted by Gasteiger charge is 2.39. The highest BCUT2D eigenvalue weighted by atomic mass is 32.2. The molecule has 0 radical (unpaired) electrons. The number of amides is 3. The Hall–Kier alpha value is -2.23. The number of rotatable bonds is 3. The molecule has 0 aromatic heterocycles. The van der Waals surface area contributed by atoms with Crippen molar-refractivity contribution in [2.75, 3.05) is 16.9 Å². The lowest BCUT2D eigenvalue weighted by Crippen LogP contribution is -2.50. The van der Waals surface area contributed by atoms with E-state index in [1.807, 2.05) is 0 Å². The molecule has 2 N–H and O–H groups in total. The van der Waals surface area contributed by atoms with Gasteiger partial charge in [-0.2, -0.15) is 13.2 Å². The molecule has 1 aromatic carbocycles. The van der Waals surface area contributed by atoms with E-state index in [2.05, 4.69) is 10.6 Å². The van der Waals surface area contributed by atoms with Gasteiger partial charge in [-0.3, -0.25) is 14.4 Å². The highest BCUT2D eigenvalue weighted by Crippen LogP contribution is 2.30. The lowest BCUT2D eigenvalue weighted by atomic mass is 10.1. The van der Waals surface area contributed by atoms with Gasteiger partial charge in [0.2, 0.25) is 17.7 Å². The van der Waals surface area contributed by atoms with Crippen LogP contribution in [0, 0.1) is 0 Å². The maximum Gasteiger partial charge on any atom is 0.416 e. The number of benzene rings is 1. The summed E-state index contributed by atoms with van der Waals surface area (Å²) in [6.07, 6.45) is -3.77. The summed E-state index contributed by atoms with van der Waals surface area (Å²) in [5, 5.41) is 5.13. The maximum atomic E-state index is 12.6. The zero-order valence-corrected chi connectivity index (χ0v) is 14.3. The molecule has 2 saturated heterocycles. The molecule has 3 amide bonds. The molecule has 10 heteroatoms. The highest BCUT2D eigenvalue weighted by molar-refractivity contribution is 7.99. The molecule has 3 rings (SSSR count). The van der Waals surface area contributed by atoms with Gasteiger partial charge < -0.3 is 15.5 Å². The van der Waals surface area contributed by atoms with Gasteiger partial charge in [-0.05, 0) is 30.7 Å². The first-order chi connectivity index (χ1) is 12.3. The minimum absolute atomic E-state index is 0.194. The van der Waals surface area contributed by atoms with Gasteiger partial charge in [0.1, 0.15) is 12.1 Å². The van der Waals surface area contributed by atoms with Crippen LogP contribution in [0.15, 0.2) is 24.3 Å². The zero-order chi connectivity index (χ0) is 18.9. The van der Waals surface area contributed by atoms with E-state index in [1.165, 1.54) is 28.8 Å². The number of hydrogen-bond acceptors (Lipinski definition) is 4. The average molecular weight is 387 g/mol. The van der Waals surface area contributed by atoms with Crippen molar-refractivity contribution in [2.45, 2.75) is 31.1 Å². The second kappa shape index (κ2) is 7.18. The van der Waals surface area contributed by atoms with E-state index in [0.29, 0.717) is 18.1 Å². The fourth-order valence-corrected chi connectivity index (χ4v) is 4.01. The number of carbonyl (C=O) groups excluding carboxylic acids is 3. The second-order valence-electron chi connectivity index (χ2n) is 6.05. The third-order valence-electron chi connectivity index (χ3n) is 4.24. The lowest BCUT2D eigenvalue weighted by molar-refractivity contribution is -0.138. The number of anilines is 1. The zero-order valence-electron chi connectivity index (χ0n) is 13.5. The summed E-state index contributed by atoms with van der Waals surface area (Å²) in [7, 11) is 0. The number of thioether (sulfide) groups is 1. The van der Waals surface area contributed by atoms with E-state index in [1.54, 1.807) is 0 Å². The molecule has 2 aliphatic heterocycles. The molecule has 0 bridgehead atoms. The third kappa shape index (κ3) is 3.95. The molecular formula is C16H16F3N3O3S. The largest absolute Gasteiger partial charge is 0.416 e. The van der Waals surface area contributed by atoms with Crippen molar-refractivity contribution in [2.24, 2.45) is 0 Å². The lowest BCUT2D eigenvalue weighted by Gasteiger charge is -2.25. The predicted octanol–water partition coefficient (Wildman–Crippen LogP) is 1.82. The van der Waals surface area contributed by atoms with Crippen LogP contribution in [0.4, 0.5) is 18.9 Å². The maximum absolute atomic E-state index is 12.6. The number of nitrogens with zero attached hydrogens (tertiary/aromatic N) is 1. The first-order valence-electron chi connectivity index (χ1n) is 7.91. The molecule has 0 aliphatic carbocycles. The summed E-state index contributed by atoms with van der Waals surface area (Å²) < 4.78 is 37.7. The average Bonchev–Trinajstić information content (AvgIpc) is 3.23. The van der Waals surface area contributed by atoms with Gasteiger partial charge in [-0.1, -0.05) is 0 Å². The monoisotopic (exact) mass is 387 g/mol. The summed E-state index contributed by atoms with van der Waals surface area (Å²) in [4.78, 5) is 37.7. The molecule has 2 aliphatic rings. The smallest absolute Gasteiger partial charge is 0.344 e. The summed E-state index contributed by atoms with van der Waals surface area (Å²) in [6.45, 7) is 0. The van der Waals surface area contributed by atoms with E-state index in [-0.39, 0.29) is 23.9 Å². The molecule has 1 aromatic rings. The van der Waals surface area contributed by atoms with E-state index in [4.69, 9.17) is 0 Å². The van der Waals surface area contributed by atoms with Gasteiger partial charge in [0, 0.05) is 17.9 Å². The Balaban J connectivity index is 1.65. The van der Waals surface area contributed by atoms with Crippen molar-refractivity contribution in [1.82, 2.24) is 10.2 Å². The Morgan fingerprint density at radius 3 is 2.50 bits per heavy atom. The number of hydrogen-bond donors (Lipinski definition) is 2. The topological polar surface area (TPSA) is 78.5 Å². The summed E-state index contributed by atoms with van der Waals surface area (Å²) >= 11 is 1.41. The SMILES string of the molecule is O=C1CCC(C(=O)N2CSC[C@@H]2C(=O)Nc2ccc(C(F)(F)F)cc2)N1. The molecule has 2 fully saturated rings. The van der Waals surface area contributed by atoms with Gasteiger partial charge in [0.15, 0.2) is 0 Å². The van der Waals surface area contributed by atoms with Crippen molar-refractivity contribution in [3.63, 3.8) is 0 Å². The normalized spacial score (nSPS) is 23.0. The standard InChI is InChI=1S/C16H16F3N3O3S/c17-16(18,19)9-1-3-10(4-2-9)20-14(24)12-7-26-8-22(12)15(25)11-5-6-13(23)21-11/h1-4,11-12H,5-8H2,(H,20,24)(H,21,23)/t11?,12-/m1/s1. The predicted molar refractivity (Wildman–Crippen MR) is 89.2 cm³/mol. The van der Waals surface area contributed by atoms with E-state index in [9.17, 15) is 27.6 Å². The van der Waals surface area contributed by atoms with Crippen LogP contribution < -0.4 is 10.6 Å². The van der Waals surface area contributed by atoms with Crippen LogP contribution in [0.5, 0.6) is 0 Å². The van der Waals surface area contributed by atoms with Crippen LogP contribution in [0.3, 0.4) is 0 Å². The Morgan fingerprint density at radius 1 is 1.23 bits per heavy atom. The quantitative estimate of drug-likeness (QED) is 0.830. The van der Waals surface area contributed by atoms with Gasteiger partial charge in [-0.15, -0.1) is 11.8 Å². The van der Waals surface area contributed by atoms with Crippen LogP contribution in [0.25, 0.3) is 0 Å². The molecule has 2 heterocycles. The van der Waals surface area contributed by atoms with Crippen LogP contribution in [0.1, 0.15) is 18.4 Å². The van der Waals surface area contributed by atoms with Crippen molar-refractivity contribution >= 4 is 35.2 Å². The van der Waals surface area contributed by atoms with E-state index < -0.39 is 29.7 Å².